The van der Waals surface area contributed by atoms with Crippen LogP contribution in [0.3, 0.4) is 0 Å². The quantitative estimate of drug-likeness (QED) is 0.486. The molecule has 0 aromatic heterocycles. The maximum atomic E-state index is 6.13. The molecule has 0 aliphatic rings. The summed E-state index contributed by atoms with van der Waals surface area (Å²) in [5.41, 5.74) is 8.21. The van der Waals surface area contributed by atoms with Crippen LogP contribution in [0.15, 0.2) is 46.6 Å². The van der Waals surface area contributed by atoms with Crippen LogP contribution in [0.1, 0.15) is 5.56 Å². The number of benzene rings is 2. The number of halogens is 2. The van der Waals surface area contributed by atoms with E-state index in [2.05, 4.69) is 22.3 Å². The van der Waals surface area contributed by atoms with Gasteiger partial charge in [0.15, 0.2) is 0 Å². The fraction of sp³-hybridized carbons (Fsp3) is 0.125. The van der Waals surface area contributed by atoms with Crippen molar-refractivity contribution in [1.82, 2.24) is 0 Å². The van der Waals surface area contributed by atoms with Gasteiger partial charge in [-0.3, -0.25) is 0 Å². The fourth-order valence-corrected chi connectivity index (χ4v) is 2.47. The van der Waals surface area contributed by atoms with E-state index in [4.69, 9.17) is 28.9 Å². The normalized spacial score (nSPS) is 10.4. The fourth-order valence-electron chi connectivity index (χ4n) is 1.80. The third-order valence-corrected chi connectivity index (χ3v) is 3.47. The van der Waals surface area contributed by atoms with Crippen LogP contribution in [-0.2, 0) is 0 Å². The van der Waals surface area contributed by atoms with E-state index in [1.54, 1.807) is 17.0 Å². The average Bonchev–Trinajstić information content (AvgIpc) is 2.47. The highest BCUT2D eigenvalue weighted by Crippen LogP contribution is 2.35. The zero-order valence-corrected chi connectivity index (χ0v) is 13.7. The van der Waals surface area contributed by atoms with Gasteiger partial charge in [0.2, 0.25) is 0 Å². The summed E-state index contributed by atoms with van der Waals surface area (Å²) in [4.78, 5) is 1.72. The lowest BCUT2D eigenvalue weighted by atomic mass is 10.2. The number of anilines is 1. The van der Waals surface area contributed by atoms with Crippen molar-refractivity contribution in [3.63, 3.8) is 0 Å². The highest BCUT2D eigenvalue weighted by atomic mass is 35.5. The molecule has 2 rings (SSSR count). The Balaban J connectivity index is 2.22. The second-order valence-electron chi connectivity index (χ2n) is 4.61. The molecule has 0 amide bonds. The van der Waals surface area contributed by atoms with Crippen molar-refractivity contribution in [1.29, 1.82) is 0 Å². The summed E-state index contributed by atoms with van der Waals surface area (Å²) in [6.07, 6.45) is 0. The van der Waals surface area contributed by atoms with Crippen molar-refractivity contribution >= 4 is 40.3 Å². The number of azo groups is 1. The Morgan fingerprint density at radius 2 is 1.64 bits per heavy atom. The average molecular weight is 333 g/mol. The topological polar surface area (TPSA) is 54.0 Å². The minimum Gasteiger partial charge on any atom is -0.358 e. The summed E-state index contributed by atoms with van der Waals surface area (Å²) in [7, 11) is 1.82. The first-order chi connectivity index (χ1) is 10.5. The molecule has 0 fully saturated rings. The number of nitrogens with zero attached hydrogens (tertiary/aromatic N) is 3. The number of rotatable bonds is 3. The lowest BCUT2D eigenvalue weighted by Gasteiger charge is -2.10. The van der Waals surface area contributed by atoms with Crippen molar-refractivity contribution in [2.75, 3.05) is 11.9 Å². The molecular weight excluding hydrogens is 319 g/mol. The highest BCUT2D eigenvalue weighted by molar-refractivity contribution is 6.38. The molecule has 0 bridgehead atoms. The Bertz CT molecular complexity index is 735. The first kappa shape index (κ1) is 16.2. The van der Waals surface area contributed by atoms with Crippen molar-refractivity contribution < 1.29 is 0 Å². The van der Waals surface area contributed by atoms with Gasteiger partial charge in [-0.15, -0.1) is 5.11 Å². The zero-order chi connectivity index (χ0) is 16.1. The van der Waals surface area contributed by atoms with Crippen molar-refractivity contribution in [3.8, 4) is 12.1 Å². The van der Waals surface area contributed by atoms with Crippen LogP contribution >= 0.6 is 23.2 Å². The molecule has 2 aromatic carbocycles. The van der Waals surface area contributed by atoms with Crippen molar-refractivity contribution in [3.05, 3.63) is 52.0 Å². The molecule has 4 nitrogen and oxygen atoms in total. The van der Waals surface area contributed by atoms with Crippen LogP contribution < -0.4 is 10.6 Å². The standard InChI is InChI=1S/C16H14Cl2N4/c1-11-9-14(17)16(15(18)10-11)21-20-12-3-5-13(6-4-12)22(2)8-7-19/h3-6,9-10H,19H2,1-2H3. The van der Waals surface area contributed by atoms with Gasteiger partial charge in [0.1, 0.15) is 5.69 Å². The summed E-state index contributed by atoms with van der Waals surface area (Å²) < 4.78 is 0. The third-order valence-electron chi connectivity index (χ3n) is 2.90. The monoisotopic (exact) mass is 332 g/mol. The lowest BCUT2D eigenvalue weighted by molar-refractivity contribution is 1.21. The molecule has 0 spiro atoms. The molecule has 0 radical (unpaired) electrons. The summed E-state index contributed by atoms with van der Waals surface area (Å²) in [6.45, 7) is 1.91. The van der Waals surface area contributed by atoms with Crippen molar-refractivity contribution in [2.24, 2.45) is 16.0 Å². The summed E-state index contributed by atoms with van der Waals surface area (Å²) >= 11 is 12.3. The number of hydrogen-bond donors (Lipinski definition) is 1. The minimum atomic E-state index is 0.462. The largest absolute Gasteiger partial charge is 0.358 e. The molecule has 0 saturated carbocycles. The summed E-state index contributed by atoms with van der Waals surface area (Å²) in [5.74, 6) is 0. The van der Waals surface area contributed by atoms with Gasteiger partial charge in [0.05, 0.1) is 15.7 Å². The van der Waals surface area contributed by atoms with E-state index in [1.165, 1.54) is 0 Å². The number of aryl methyl sites for hydroxylation is 1. The molecular formula is C16H14Cl2N4. The first-order valence-electron chi connectivity index (χ1n) is 6.43. The van der Waals surface area contributed by atoms with Crippen LogP contribution in [-0.4, -0.2) is 7.05 Å². The Morgan fingerprint density at radius 3 is 2.18 bits per heavy atom. The lowest BCUT2D eigenvalue weighted by Crippen LogP contribution is -2.08. The van der Waals surface area contributed by atoms with E-state index >= 15 is 0 Å². The molecule has 0 heterocycles. The molecule has 2 N–H and O–H groups in total. The molecule has 22 heavy (non-hydrogen) atoms. The van der Waals surface area contributed by atoms with E-state index in [9.17, 15) is 0 Å². The second-order valence-corrected chi connectivity index (χ2v) is 5.42. The second kappa shape index (κ2) is 7.17. The van der Waals surface area contributed by atoms with Gasteiger partial charge in [-0.25, -0.2) is 0 Å². The van der Waals surface area contributed by atoms with Gasteiger partial charge in [-0.05, 0) is 48.9 Å². The highest BCUT2D eigenvalue weighted by Gasteiger charge is 2.06. The molecule has 0 atom stereocenters. The minimum absolute atomic E-state index is 0.462. The Hall–Kier alpha value is -2.22. The van der Waals surface area contributed by atoms with Crippen LogP contribution in [0.2, 0.25) is 10.0 Å². The van der Waals surface area contributed by atoms with Gasteiger partial charge in [0, 0.05) is 24.8 Å². The maximum absolute atomic E-state index is 6.13. The Labute approximate surface area is 139 Å². The zero-order valence-electron chi connectivity index (χ0n) is 12.1. The van der Waals surface area contributed by atoms with Crippen LogP contribution in [0.4, 0.5) is 17.1 Å². The maximum Gasteiger partial charge on any atom is 0.123 e. The van der Waals surface area contributed by atoms with Gasteiger partial charge in [0.25, 0.3) is 0 Å². The SMILES string of the molecule is Cc1cc(Cl)c(N=Nc2ccc(N(C)C#CN)cc2)c(Cl)c1. The van der Waals surface area contributed by atoms with Crippen molar-refractivity contribution in [2.45, 2.75) is 6.92 Å². The van der Waals surface area contributed by atoms with Gasteiger partial charge in [-0.2, -0.15) is 5.11 Å². The number of hydrogen-bond acceptors (Lipinski definition) is 4. The van der Waals surface area contributed by atoms with Gasteiger partial charge in [-0.1, -0.05) is 23.2 Å². The molecule has 112 valence electrons. The Kier molecular flexibility index (Phi) is 5.26. The molecule has 0 aliphatic heterocycles. The van der Waals surface area contributed by atoms with Crippen LogP contribution in [0, 0.1) is 19.0 Å². The van der Waals surface area contributed by atoms with E-state index in [1.807, 2.05) is 38.2 Å². The summed E-state index contributed by atoms with van der Waals surface area (Å²) in [6, 6.07) is 16.1. The van der Waals surface area contributed by atoms with E-state index in [0.717, 1.165) is 11.3 Å². The predicted octanol–water partition coefficient (Wildman–Crippen LogP) is 5.03. The molecule has 6 heteroatoms. The van der Waals surface area contributed by atoms with E-state index < -0.39 is 0 Å². The summed E-state index contributed by atoms with van der Waals surface area (Å²) in [5, 5.41) is 9.23. The smallest absolute Gasteiger partial charge is 0.123 e. The number of nitrogens with two attached hydrogens (primary N) is 1. The van der Waals surface area contributed by atoms with Gasteiger partial charge < -0.3 is 10.6 Å². The van der Waals surface area contributed by atoms with E-state index in [0.29, 0.717) is 21.4 Å². The first-order valence-corrected chi connectivity index (χ1v) is 7.19. The van der Waals surface area contributed by atoms with E-state index in [-0.39, 0.29) is 0 Å². The predicted molar refractivity (Wildman–Crippen MR) is 92.2 cm³/mol. The van der Waals surface area contributed by atoms with Crippen LogP contribution in [0.25, 0.3) is 0 Å². The molecule has 0 unspecified atom stereocenters. The van der Waals surface area contributed by atoms with Gasteiger partial charge >= 0.3 is 0 Å². The molecule has 0 aliphatic carbocycles. The third kappa shape index (κ3) is 3.91. The Morgan fingerprint density at radius 1 is 1.05 bits per heavy atom. The molecule has 0 saturated heterocycles. The molecule has 2 aromatic rings. The van der Waals surface area contributed by atoms with Crippen LogP contribution in [0.5, 0.6) is 0 Å².